The number of unbranched alkanes of at least 4 members (excludes halogenated alkanes) is 5. The van der Waals surface area contributed by atoms with Crippen molar-refractivity contribution in [1.82, 2.24) is 0 Å². The predicted octanol–water partition coefficient (Wildman–Crippen LogP) is 4.35. The molecule has 1 unspecified atom stereocenters. The van der Waals surface area contributed by atoms with Crippen LogP contribution in [0.1, 0.15) is 71.6 Å². The van der Waals surface area contributed by atoms with E-state index in [1.165, 1.54) is 44.9 Å². The molecule has 0 saturated heterocycles. The zero-order valence-electron chi connectivity index (χ0n) is 10.4. The summed E-state index contributed by atoms with van der Waals surface area (Å²) in [6, 6.07) is 0. The minimum absolute atomic E-state index is 0.362. The molecule has 1 aliphatic carbocycles. The molecule has 1 saturated carbocycles. The van der Waals surface area contributed by atoms with E-state index >= 15 is 0 Å². The lowest BCUT2D eigenvalue weighted by atomic mass is 9.96. The van der Waals surface area contributed by atoms with Crippen molar-refractivity contribution in [3.8, 4) is 0 Å². The van der Waals surface area contributed by atoms with Crippen LogP contribution < -0.4 is 0 Å². The second kappa shape index (κ2) is 7.03. The van der Waals surface area contributed by atoms with E-state index < -0.39 is 0 Å². The van der Waals surface area contributed by atoms with E-state index in [1.54, 1.807) is 0 Å². The van der Waals surface area contributed by atoms with Crippen LogP contribution in [0.3, 0.4) is 0 Å². The summed E-state index contributed by atoms with van der Waals surface area (Å²) in [6.45, 7) is 4.36. The van der Waals surface area contributed by atoms with E-state index in [4.69, 9.17) is 0 Å². The Hall–Kier alpha value is -0.330. The Bertz CT molecular complexity index is 182. The van der Waals surface area contributed by atoms with Gasteiger partial charge in [-0.3, -0.25) is 4.79 Å². The highest BCUT2D eigenvalue weighted by atomic mass is 16.1. The number of carbonyl (C=O) groups is 1. The van der Waals surface area contributed by atoms with E-state index in [1.807, 2.05) is 0 Å². The standard InChI is InChI=1S/C14H26O/c1-3-4-5-6-7-8-9-14(15)12(2)13-10-11-13/h12-13H,3-11H2,1-2H3. The Morgan fingerprint density at radius 2 is 1.73 bits per heavy atom. The van der Waals surface area contributed by atoms with Gasteiger partial charge in [-0.25, -0.2) is 0 Å². The number of Topliss-reactive ketones (excluding diaryl/α,β-unsaturated/α-hetero) is 1. The van der Waals surface area contributed by atoms with Crippen LogP contribution in [0.4, 0.5) is 0 Å². The maximum Gasteiger partial charge on any atom is 0.135 e. The third kappa shape index (κ3) is 5.34. The highest BCUT2D eigenvalue weighted by Gasteiger charge is 2.31. The summed E-state index contributed by atoms with van der Waals surface area (Å²) in [7, 11) is 0. The van der Waals surface area contributed by atoms with Gasteiger partial charge in [0, 0.05) is 12.3 Å². The molecular weight excluding hydrogens is 184 g/mol. The average Bonchev–Trinajstić information content (AvgIpc) is 3.05. The van der Waals surface area contributed by atoms with Gasteiger partial charge in [0.15, 0.2) is 0 Å². The zero-order chi connectivity index (χ0) is 11.1. The molecule has 1 aliphatic rings. The summed E-state index contributed by atoms with van der Waals surface area (Å²) in [5, 5.41) is 0. The van der Waals surface area contributed by atoms with Crippen LogP contribution in [0, 0.1) is 11.8 Å². The minimum Gasteiger partial charge on any atom is -0.299 e. The van der Waals surface area contributed by atoms with Gasteiger partial charge in [-0.15, -0.1) is 0 Å². The second-order valence-corrected chi connectivity index (χ2v) is 5.11. The highest BCUT2D eigenvalue weighted by Crippen LogP contribution is 2.37. The van der Waals surface area contributed by atoms with Crippen molar-refractivity contribution in [2.24, 2.45) is 11.8 Å². The monoisotopic (exact) mass is 210 g/mol. The molecule has 1 rings (SSSR count). The number of hydrogen-bond donors (Lipinski definition) is 0. The molecular formula is C14H26O. The summed E-state index contributed by atoms with van der Waals surface area (Å²) in [6.07, 6.45) is 11.1. The van der Waals surface area contributed by atoms with E-state index in [2.05, 4.69) is 13.8 Å². The Morgan fingerprint density at radius 1 is 1.13 bits per heavy atom. The lowest BCUT2D eigenvalue weighted by Gasteiger charge is -2.08. The molecule has 0 bridgehead atoms. The SMILES string of the molecule is CCCCCCCCC(=O)C(C)C1CC1. The van der Waals surface area contributed by atoms with Gasteiger partial charge < -0.3 is 0 Å². The molecule has 0 aliphatic heterocycles. The molecule has 0 spiro atoms. The first-order chi connectivity index (χ1) is 7.25. The lowest BCUT2D eigenvalue weighted by molar-refractivity contribution is -0.123. The molecule has 15 heavy (non-hydrogen) atoms. The van der Waals surface area contributed by atoms with Crippen LogP contribution in [0.5, 0.6) is 0 Å². The maximum absolute atomic E-state index is 11.7. The Kier molecular flexibility index (Phi) is 5.97. The normalized spacial score (nSPS) is 17.7. The van der Waals surface area contributed by atoms with Crippen molar-refractivity contribution in [3.05, 3.63) is 0 Å². The first-order valence-electron chi connectivity index (χ1n) is 6.78. The maximum atomic E-state index is 11.7. The molecule has 0 aromatic rings. The van der Waals surface area contributed by atoms with Gasteiger partial charge in [-0.1, -0.05) is 46.0 Å². The van der Waals surface area contributed by atoms with Gasteiger partial charge in [0.2, 0.25) is 0 Å². The fraction of sp³-hybridized carbons (Fsp3) is 0.929. The molecule has 0 amide bonds. The largest absolute Gasteiger partial charge is 0.299 e. The first kappa shape index (κ1) is 12.7. The van der Waals surface area contributed by atoms with E-state index in [-0.39, 0.29) is 0 Å². The van der Waals surface area contributed by atoms with Gasteiger partial charge in [0.1, 0.15) is 5.78 Å². The fourth-order valence-corrected chi connectivity index (χ4v) is 2.17. The molecule has 1 nitrogen and oxygen atoms in total. The van der Waals surface area contributed by atoms with E-state index in [9.17, 15) is 4.79 Å². The zero-order valence-corrected chi connectivity index (χ0v) is 10.4. The van der Waals surface area contributed by atoms with Crippen LogP contribution in [0.15, 0.2) is 0 Å². The van der Waals surface area contributed by atoms with Gasteiger partial charge in [0.05, 0.1) is 0 Å². The van der Waals surface area contributed by atoms with Gasteiger partial charge >= 0.3 is 0 Å². The first-order valence-corrected chi connectivity index (χ1v) is 6.78. The van der Waals surface area contributed by atoms with Crippen LogP contribution in [-0.2, 0) is 4.79 Å². The molecule has 0 radical (unpaired) electrons. The molecule has 88 valence electrons. The van der Waals surface area contributed by atoms with Crippen LogP contribution in [0.2, 0.25) is 0 Å². The Labute approximate surface area is 94.6 Å². The molecule has 0 N–H and O–H groups in total. The van der Waals surface area contributed by atoms with Crippen molar-refractivity contribution in [2.75, 3.05) is 0 Å². The number of ketones is 1. The van der Waals surface area contributed by atoms with Crippen LogP contribution in [-0.4, -0.2) is 5.78 Å². The van der Waals surface area contributed by atoms with Gasteiger partial charge in [0.25, 0.3) is 0 Å². The van der Waals surface area contributed by atoms with Gasteiger partial charge in [-0.2, -0.15) is 0 Å². The summed E-state index contributed by atoms with van der Waals surface area (Å²) < 4.78 is 0. The average molecular weight is 210 g/mol. The van der Waals surface area contributed by atoms with E-state index in [0.717, 1.165) is 18.8 Å². The molecule has 0 aromatic carbocycles. The van der Waals surface area contributed by atoms with Crippen molar-refractivity contribution in [3.63, 3.8) is 0 Å². The molecule has 1 heteroatoms. The molecule has 0 heterocycles. The number of rotatable bonds is 9. The van der Waals surface area contributed by atoms with Crippen LogP contribution >= 0.6 is 0 Å². The van der Waals surface area contributed by atoms with Crippen molar-refractivity contribution < 1.29 is 4.79 Å². The quantitative estimate of drug-likeness (QED) is 0.517. The Balaban J connectivity index is 1.92. The van der Waals surface area contributed by atoms with E-state index in [0.29, 0.717) is 11.7 Å². The summed E-state index contributed by atoms with van der Waals surface area (Å²) in [4.78, 5) is 11.7. The highest BCUT2D eigenvalue weighted by molar-refractivity contribution is 5.81. The molecule has 0 aromatic heterocycles. The third-order valence-corrected chi connectivity index (χ3v) is 3.61. The van der Waals surface area contributed by atoms with Gasteiger partial charge in [-0.05, 0) is 25.2 Å². The smallest absolute Gasteiger partial charge is 0.135 e. The topological polar surface area (TPSA) is 17.1 Å². The fourth-order valence-electron chi connectivity index (χ4n) is 2.17. The summed E-state index contributed by atoms with van der Waals surface area (Å²) >= 11 is 0. The van der Waals surface area contributed by atoms with Crippen molar-refractivity contribution in [1.29, 1.82) is 0 Å². The lowest BCUT2D eigenvalue weighted by Crippen LogP contribution is -2.12. The second-order valence-electron chi connectivity index (χ2n) is 5.11. The Morgan fingerprint density at radius 3 is 2.33 bits per heavy atom. The summed E-state index contributed by atoms with van der Waals surface area (Å²) in [5.41, 5.74) is 0. The van der Waals surface area contributed by atoms with Crippen molar-refractivity contribution in [2.45, 2.75) is 71.6 Å². The number of hydrogen-bond acceptors (Lipinski definition) is 1. The van der Waals surface area contributed by atoms with Crippen molar-refractivity contribution >= 4 is 5.78 Å². The minimum atomic E-state index is 0.362. The number of carbonyl (C=O) groups excluding carboxylic acids is 1. The molecule has 1 atom stereocenters. The summed E-state index contributed by atoms with van der Waals surface area (Å²) in [5.74, 6) is 1.63. The third-order valence-electron chi connectivity index (χ3n) is 3.61. The van der Waals surface area contributed by atoms with Crippen LogP contribution in [0.25, 0.3) is 0 Å². The molecule has 1 fully saturated rings. The predicted molar refractivity (Wildman–Crippen MR) is 64.9 cm³/mol.